The molecule has 2 aromatic carbocycles. The van der Waals surface area contributed by atoms with Crippen molar-refractivity contribution in [1.29, 1.82) is 0 Å². The van der Waals surface area contributed by atoms with Gasteiger partial charge < -0.3 is 9.30 Å². The lowest BCUT2D eigenvalue weighted by molar-refractivity contribution is 0.116. The molecule has 0 saturated carbocycles. The molecule has 0 bridgehead atoms. The van der Waals surface area contributed by atoms with Crippen molar-refractivity contribution in [2.24, 2.45) is 0 Å². The molecule has 0 amide bonds. The maximum absolute atomic E-state index is 5.75. The van der Waals surface area contributed by atoms with Crippen molar-refractivity contribution in [3.8, 4) is 0 Å². The number of benzene rings is 2. The zero-order chi connectivity index (χ0) is 15.9. The van der Waals surface area contributed by atoms with E-state index in [9.17, 15) is 0 Å². The highest BCUT2D eigenvalue weighted by molar-refractivity contribution is 9.08. The molecule has 1 heterocycles. The molecular weight excluding hydrogens is 432 g/mol. The smallest absolute Gasteiger partial charge is 0.120 e. The van der Waals surface area contributed by atoms with Crippen LogP contribution in [0.5, 0.6) is 0 Å². The van der Waals surface area contributed by atoms with Crippen molar-refractivity contribution in [1.82, 2.24) is 9.55 Å². The van der Waals surface area contributed by atoms with Crippen molar-refractivity contribution in [2.45, 2.75) is 31.3 Å². The highest BCUT2D eigenvalue weighted by Crippen LogP contribution is 2.18. The minimum absolute atomic E-state index is 0. The summed E-state index contributed by atoms with van der Waals surface area (Å²) in [6.07, 6.45) is 2.15. The van der Waals surface area contributed by atoms with E-state index in [0.29, 0.717) is 6.61 Å². The van der Waals surface area contributed by atoms with Gasteiger partial charge in [0.25, 0.3) is 0 Å². The third-order valence-corrected chi connectivity index (χ3v) is 4.39. The summed E-state index contributed by atoms with van der Waals surface area (Å²) in [4.78, 5) is 4.67. The summed E-state index contributed by atoms with van der Waals surface area (Å²) in [6, 6.07) is 18.6. The largest absolute Gasteiger partial charge is 0.377 e. The number of nitrogens with zero attached hydrogens (tertiary/aromatic N) is 2. The van der Waals surface area contributed by atoms with Gasteiger partial charge in [0.15, 0.2) is 0 Å². The molecule has 0 radical (unpaired) electrons. The van der Waals surface area contributed by atoms with Gasteiger partial charge in [-0.05, 0) is 30.5 Å². The van der Waals surface area contributed by atoms with Gasteiger partial charge in [0.2, 0.25) is 0 Å². The summed E-state index contributed by atoms with van der Waals surface area (Å²) < 4.78 is 8.06. The Bertz CT molecular complexity index is 743. The first-order valence-electron chi connectivity index (χ1n) is 8.00. The van der Waals surface area contributed by atoms with E-state index in [4.69, 9.17) is 4.74 Å². The van der Waals surface area contributed by atoms with Crippen LogP contribution in [-0.4, -0.2) is 16.2 Å². The van der Waals surface area contributed by atoms with Gasteiger partial charge in [0.05, 0.1) is 23.0 Å². The summed E-state index contributed by atoms with van der Waals surface area (Å²) >= 11 is 3.54. The van der Waals surface area contributed by atoms with Crippen LogP contribution in [-0.2, 0) is 23.2 Å². The second-order valence-electron chi connectivity index (χ2n) is 5.55. The molecule has 3 nitrogen and oxygen atoms in total. The Hall–Kier alpha value is -1.17. The molecule has 3 rings (SSSR count). The lowest BCUT2D eigenvalue weighted by Crippen LogP contribution is -2.04. The Kier molecular flexibility index (Phi) is 7.95. The van der Waals surface area contributed by atoms with Crippen molar-refractivity contribution in [3.63, 3.8) is 0 Å². The maximum atomic E-state index is 5.75. The fourth-order valence-corrected chi connectivity index (χ4v) is 3.14. The number of ether oxygens (including phenoxy) is 1. The number of rotatable bonds is 8. The number of aromatic nitrogens is 2. The highest BCUT2D eigenvalue weighted by Gasteiger charge is 2.08. The molecule has 0 aliphatic carbocycles. The summed E-state index contributed by atoms with van der Waals surface area (Å²) in [5.74, 6) is 1.09. The molecule has 128 valence electrons. The van der Waals surface area contributed by atoms with Crippen LogP contribution >= 0.6 is 32.9 Å². The normalized spacial score (nSPS) is 10.7. The average Bonchev–Trinajstić information content (AvgIpc) is 2.97. The fraction of sp³-hybridized carbons (Fsp3) is 0.316. The van der Waals surface area contributed by atoms with Crippen LogP contribution in [0.4, 0.5) is 0 Å². The number of alkyl halides is 1. The summed E-state index contributed by atoms with van der Waals surface area (Å²) in [5, 5.41) is 0.784. The number of imidazole rings is 1. The third-order valence-electron chi connectivity index (χ3n) is 3.89. The molecule has 3 aromatic rings. The number of aryl methyl sites for hydroxylation is 1. The van der Waals surface area contributed by atoms with Gasteiger partial charge >= 0.3 is 0 Å². The monoisotopic (exact) mass is 452 g/mol. The van der Waals surface area contributed by atoms with Crippen LogP contribution in [0.15, 0.2) is 54.6 Å². The Morgan fingerprint density at radius 1 is 0.958 bits per heavy atom. The Labute approximate surface area is 161 Å². The number of fused-ring (bicyclic) bond motifs is 1. The number of halogens is 2. The van der Waals surface area contributed by atoms with Crippen LogP contribution in [0.2, 0.25) is 0 Å². The van der Waals surface area contributed by atoms with E-state index < -0.39 is 0 Å². The summed E-state index contributed by atoms with van der Waals surface area (Å²) in [5.41, 5.74) is 3.52. The fourth-order valence-electron chi connectivity index (χ4n) is 2.72. The molecule has 5 heteroatoms. The van der Waals surface area contributed by atoms with Crippen LogP contribution in [0.3, 0.4) is 0 Å². The lowest BCUT2D eigenvalue weighted by atomic mass is 10.2. The minimum Gasteiger partial charge on any atom is -0.377 e. The summed E-state index contributed by atoms with van der Waals surface area (Å²) in [6.45, 7) is 2.48. The molecule has 0 N–H and O–H groups in total. The highest BCUT2D eigenvalue weighted by atomic mass is 79.9. The van der Waals surface area contributed by atoms with E-state index >= 15 is 0 Å². The van der Waals surface area contributed by atoms with Gasteiger partial charge in [-0.25, -0.2) is 4.98 Å². The van der Waals surface area contributed by atoms with Gasteiger partial charge in [-0.3, -0.25) is 0 Å². The van der Waals surface area contributed by atoms with Crippen molar-refractivity contribution >= 4 is 43.9 Å². The number of para-hydroxylation sites is 2. The van der Waals surface area contributed by atoms with E-state index in [0.717, 1.165) is 42.7 Å². The quantitative estimate of drug-likeness (QED) is 0.332. The Morgan fingerprint density at radius 3 is 2.50 bits per heavy atom. The Morgan fingerprint density at radius 2 is 1.71 bits per heavy atom. The molecular formula is C19H22Br2N2O. The maximum Gasteiger partial charge on any atom is 0.120 e. The predicted molar refractivity (Wildman–Crippen MR) is 108 cm³/mol. The zero-order valence-corrected chi connectivity index (χ0v) is 16.8. The van der Waals surface area contributed by atoms with E-state index in [1.54, 1.807) is 0 Å². The molecule has 0 atom stereocenters. The third kappa shape index (κ3) is 4.91. The van der Waals surface area contributed by atoms with Crippen LogP contribution in [0, 0.1) is 0 Å². The zero-order valence-electron chi connectivity index (χ0n) is 13.5. The Balaban J connectivity index is 0.00000208. The molecule has 24 heavy (non-hydrogen) atoms. The molecule has 0 aliphatic rings. The lowest BCUT2D eigenvalue weighted by Gasteiger charge is -2.08. The molecule has 0 saturated heterocycles. The SMILES string of the molecule is Br.BrCc1nc2ccccc2n1CCCCOCc1ccccc1. The van der Waals surface area contributed by atoms with Crippen LogP contribution < -0.4 is 0 Å². The number of hydrogen-bond donors (Lipinski definition) is 0. The van der Waals surface area contributed by atoms with Crippen molar-refractivity contribution in [2.75, 3.05) is 6.61 Å². The summed E-state index contributed by atoms with van der Waals surface area (Å²) in [7, 11) is 0. The molecule has 0 unspecified atom stereocenters. The van der Waals surface area contributed by atoms with Gasteiger partial charge in [-0.15, -0.1) is 17.0 Å². The van der Waals surface area contributed by atoms with E-state index in [-0.39, 0.29) is 17.0 Å². The van der Waals surface area contributed by atoms with Crippen LogP contribution in [0.1, 0.15) is 24.2 Å². The van der Waals surface area contributed by atoms with Crippen molar-refractivity contribution < 1.29 is 4.74 Å². The first-order valence-corrected chi connectivity index (χ1v) is 9.12. The van der Waals surface area contributed by atoms with Gasteiger partial charge in [-0.2, -0.15) is 0 Å². The molecule has 0 fully saturated rings. The van der Waals surface area contributed by atoms with Gasteiger partial charge in [-0.1, -0.05) is 58.4 Å². The van der Waals surface area contributed by atoms with Crippen LogP contribution in [0.25, 0.3) is 11.0 Å². The van der Waals surface area contributed by atoms with E-state index in [1.165, 1.54) is 11.1 Å². The molecule has 0 aliphatic heterocycles. The van der Waals surface area contributed by atoms with E-state index in [1.807, 2.05) is 24.3 Å². The average molecular weight is 454 g/mol. The van der Waals surface area contributed by atoms with Gasteiger partial charge in [0, 0.05) is 13.2 Å². The van der Waals surface area contributed by atoms with Crippen molar-refractivity contribution in [3.05, 3.63) is 66.0 Å². The predicted octanol–water partition coefficient (Wildman–Crippen LogP) is 5.51. The first kappa shape index (κ1) is 19.2. The minimum atomic E-state index is 0. The molecule has 0 spiro atoms. The standard InChI is InChI=1S/C19H21BrN2O.BrH/c20-14-19-21-17-10-4-5-11-18(17)22(19)12-6-7-13-23-15-16-8-2-1-3-9-16;/h1-5,8-11H,6-7,12-15H2;1H. The van der Waals surface area contributed by atoms with E-state index in [2.05, 4.69) is 55.8 Å². The topological polar surface area (TPSA) is 27.1 Å². The second-order valence-corrected chi connectivity index (χ2v) is 6.11. The second kappa shape index (κ2) is 9.97. The van der Waals surface area contributed by atoms with Gasteiger partial charge in [0.1, 0.15) is 5.82 Å². The number of unbranched alkanes of at least 4 members (excludes halogenated alkanes) is 1. The molecule has 1 aromatic heterocycles. The number of hydrogen-bond acceptors (Lipinski definition) is 2. The first-order chi connectivity index (χ1) is 11.4.